The molecule has 0 saturated carbocycles. The molecule has 2 aromatic carbocycles. The summed E-state index contributed by atoms with van der Waals surface area (Å²) >= 11 is 1.20. The summed E-state index contributed by atoms with van der Waals surface area (Å²) in [5.41, 5.74) is 3.20. The van der Waals surface area contributed by atoms with E-state index in [-0.39, 0.29) is 17.6 Å². The molecule has 3 heterocycles. The van der Waals surface area contributed by atoms with Crippen LogP contribution in [0, 0.1) is 6.92 Å². The van der Waals surface area contributed by atoms with Crippen LogP contribution in [0.25, 0.3) is 0 Å². The number of carbonyl (C=O) groups excluding carboxylic acids is 2. The molecule has 2 amide bonds. The molecule has 3 aromatic rings. The number of rotatable bonds is 4. The van der Waals surface area contributed by atoms with Crippen LogP contribution in [0.5, 0.6) is 0 Å². The van der Waals surface area contributed by atoms with Crippen LogP contribution >= 0.6 is 11.8 Å². The molecule has 0 radical (unpaired) electrons. The predicted octanol–water partition coefficient (Wildman–Crippen LogP) is 3.42. The molecule has 2 N–H and O–H groups in total. The number of aliphatic imine (C=N–C) groups is 2. The molecule has 1 atom stereocenters. The Bertz CT molecular complexity index is 1230. The van der Waals surface area contributed by atoms with E-state index in [0.29, 0.717) is 16.8 Å². The smallest absolute Gasteiger partial charge is 0.263 e. The molecule has 0 fully saturated rings. The number of H-pyrrole nitrogens is 1. The number of amidine groups is 2. The second-order valence-electron chi connectivity index (χ2n) is 7.12. The van der Waals surface area contributed by atoms with Gasteiger partial charge in [-0.1, -0.05) is 54.2 Å². The second-order valence-corrected chi connectivity index (χ2v) is 8.07. The number of aryl methyl sites for hydroxylation is 1. The zero-order valence-electron chi connectivity index (χ0n) is 16.6. The number of hydrogen-bond acceptors (Lipinski definition) is 6. The van der Waals surface area contributed by atoms with Gasteiger partial charge in [-0.05, 0) is 24.6 Å². The Balaban J connectivity index is 1.42. The van der Waals surface area contributed by atoms with Gasteiger partial charge in [0.15, 0.2) is 17.0 Å². The van der Waals surface area contributed by atoms with Crippen LogP contribution < -0.4 is 5.32 Å². The zero-order chi connectivity index (χ0) is 21.4. The standard InChI is InChI=1S/C22H18N6O2S/c1-13-11-17(27-26-13)24-18(29)12-31-22-23-16-10-6-5-9-15(16)20-25-19(21(30)28(20)22)14-7-3-2-4-8-14/h2-11,19H,12H2,1H3,(H2,24,26,27,29). The molecule has 0 spiro atoms. The van der Waals surface area contributed by atoms with Gasteiger partial charge in [0.25, 0.3) is 5.91 Å². The average molecular weight is 430 g/mol. The number of amides is 2. The first-order valence-electron chi connectivity index (χ1n) is 9.69. The third kappa shape index (κ3) is 3.64. The van der Waals surface area contributed by atoms with Gasteiger partial charge in [0, 0.05) is 17.3 Å². The number of fused-ring (bicyclic) bond motifs is 3. The van der Waals surface area contributed by atoms with Crippen molar-refractivity contribution in [2.75, 3.05) is 11.1 Å². The summed E-state index contributed by atoms with van der Waals surface area (Å²) in [6.07, 6.45) is 0. The summed E-state index contributed by atoms with van der Waals surface area (Å²) < 4.78 is 0. The minimum atomic E-state index is -0.631. The normalized spacial score (nSPS) is 17.0. The van der Waals surface area contributed by atoms with E-state index >= 15 is 0 Å². The van der Waals surface area contributed by atoms with Crippen molar-refractivity contribution in [3.05, 3.63) is 77.5 Å². The largest absolute Gasteiger partial charge is 0.308 e. The molecule has 0 saturated heterocycles. The van der Waals surface area contributed by atoms with Gasteiger partial charge in [-0.25, -0.2) is 14.9 Å². The Kier molecular flexibility index (Phi) is 4.87. The fourth-order valence-electron chi connectivity index (χ4n) is 3.49. The van der Waals surface area contributed by atoms with Crippen molar-refractivity contribution < 1.29 is 9.59 Å². The summed E-state index contributed by atoms with van der Waals surface area (Å²) in [5, 5.41) is 9.97. The van der Waals surface area contributed by atoms with Crippen molar-refractivity contribution in [2.24, 2.45) is 9.98 Å². The number of anilines is 1. The first-order chi connectivity index (χ1) is 15.1. The van der Waals surface area contributed by atoms with E-state index in [1.807, 2.05) is 61.5 Å². The fraction of sp³-hybridized carbons (Fsp3) is 0.136. The van der Waals surface area contributed by atoms with Crippen LogP contribution in [-0.2, 0) is 9.59 Å². The number of carbonyl (C=O) groups is 2. The molecule has 0 aliphatic carbocycles. The SMILES string of the molecule is Cc1cc(NC(=O)CSC2=Nc3ccccc3C3=NC(c4ccccc4)C(=O)N23)n[nH]1. The van der Waals surface area contributed by atoms with Crippen molar-refractivity contribution in [3.63, 3.8) is 0 Å². The summed E-state index contributed by atoms with van der Waals surface area (Å²) in [6.45, 7) is 1.86. The van der Waals surface area contributed by atoms with Gasteiger partial charge in [0.1, 0.15) is 5.84 Å². The second kappa shape index (κ2) is 7.84. The van der Waals surface area contributed by atoms with Crippen molar-refractivity contribution in [1.82, 2.24) is 15.1 Å². The first-order valence-corrected chi connectivity index (χ1v) is 10.7. The van der Waals surface area contributed by atoms with Crippen LogP contribution in [0.4, 0.5) is 11.5 Å². The molecule has 2 aliphatic heterocycles. The molecule has 1 unspecified atom stereocenters. The molecule has 31 heavy (non-hydrogen) atoms. The number of hydrogen-bond donors (Lipinski definition) is 2. The molecule has 1 aromatic heterocycles. The van der Waals surface area contributed by atoms with E-state index in [1.54, 1.807) is 6.07 Å². The Hall–Kier alpha value is -3.72. The Labute approximate surface area is 182 Å². The fourth-order valence-corrected chi connectivity index (χ4v) is 4.29. The van der Waals surface area contributed by atoms with Crippen LogP contribution in [0.1, 0.15) is 22.9 Å². The lowest BCUT2D eigenvalue weighted by molar-refractivity contribution is -0.124. The highest BCUT2D eigenvalue weighted by Crippen LogP contribution is 2.37. The highest BCUT2D eigenvalue weighted by Gasteiger charge is 2.42. The lowest BCUT2D eigenvalue weighted by Crippen LogP contribution is -2.40. The number of aromatic amines is 1. The number of thioether (sulfide) groups is 1. The zero-order valence-corrected chi connectivity index (χ0v) is 17.4. The van der Waals surface area contributed by atoms with Crippen molar-refractivity contribution in [2.45, 2.75) is 13.0 Å². The lowest BCUT2D eigenvalue weighted by Gasteiger charge is -2.25. The predicted molar refractivity (Wildman–Crippen MR) is 121 cm³/mol. The quantitative estimate of drug-likeness (QED) is 0.662. The Morgan fingerprint density at radius 1 is 1.16 bits per heavy atom. The van der Waals surface area contributed by atoms with E-state index in [1.165, 1.54) is 16.7 Å². The monoisotopic (exact) mass is 430 g/mol. The van der Waals surface area contributed by atoms with Crippen LogP contribution in [0.15, 0.2) is 70.6 Å². The maximum absolute atomic E-state index is 13.3. The molecule has 0 bridgehead atoms. The van der Waals surface area contributed by atoms with Gasteiger partial charge in [0.2, 0.25) is 5.91 Å². The van der Waals surface area contributed by atoms with Gasteiger partial charge in [-0.15, -0.1) is 0 Å². The molecular weight excluding hydrogens is 412 g/mol. The third-order valence-corrected chi connectivity index (χ3v) is 5.83. The van der Waals surface area contributed by atoms with Crippen molar-refractivity contribution in [1.29, 1.82) is 0 Å². The van der Waals surface area contributed by atoms with E-state index in [9.17, 15) is 9.59 Å². The van der Waals surface area contributed by atoms with Gasteiger partial charge >= 0.3 is 0 Å². The summed E-state index contributed by atoms with van der Waals surface area (Å²) in [6, 6.07) is 18.1. The average Bonchev–Trinajstić information content (AvgIpc) is 3.35. The van der Waals surface area contributed by atoms with Crippen molar-refractivity contribution >= 4 is 46.1 Å². The maximum Gasteiger partial charge on any atom is 0.263 e. The van der Waals surface area contributed by atoms with Gasteiger partial charge in [0.05, 0.1) is 11.4 Å². The molecule has 154 valence electrons. The summed E-state index contributed by atoms with van der Waals surface area (Å²) in [7, 11) is 0. The van der Waals surface area contributed by atoms with Gasteiger partial charge in [-0.3, -0.25) is 14.7 Å². The van der Waals surface area contributed by atoms with E-state index in [0.717, 1.165) is 22.5 Å². The molecule has 2 aliphatic rings. The van der Waals surface area contributed by atoms with Crippen molar-refractivity contribution in [3.8, 4) is 0 Å². The van der Waals surface area contributed by atoms with E-state index in [2.05, 4.69) is 20.5 Å². The lowest BCUT2D eigenvalue weighted by atomic mass is 10.1. The topological polar surface area (TPSA) is 103 Å². The number of aromatic nitrogens is 2. The summed E-state index contributed by atoms with van der Waals surface area (Å²) in [5.74, 6) is 0.700. The number of benzene rings is 2. The van der Waals surface area contributed by atoms with E-state index in [4.69, 9.17) is 4.99 Å². The van der Waals surface area contributed by atoms with Crippen LogP contribution in [0.3, 0.4) is 0 Å². The van der Waals surface area contributed by atoms with Crippen LogP contribution in [-0.4, -0.2) is 43.7 Å². The highest BCUT2D eigenvalue weighted by atomic mass is 32.2. The number of para-hydroxylation sites is 1. The van der Waals surface area contributed by atoms with Crippen LogP contribution in [0.2, 0.25) is 0 Å². The molecular formula is C22H18N6O2S. The molecule has 9 heteroatoms. The Morgan fingerprint density at radius 2 is 1.94 bits per heavy atom. The molecule has 5 rings (SSSR count). The third-order valence-electron chi connectivity index (χ3n) is 4.89. The summed E-state index contributed by atoms with van der Waals surface area (Å²) in [4.78, 5) is 36.6. The van der Waals surface area contributed by atoms with Gasteiger partial charge in [-0.2, -0.15) is 5.10 Å². The highest BCUT2D eigenvalue weighted by molar-refractivity contribution is 8.14. The minimum absolute atomic E-state index is 0.0833. The maximum atomic E-state index is 13.3. The number of nitrogens with zero attached hydrogens (tertiary/aromatic N) is 4. The number of nitrogens with one attached hydrogen (secondary N) is 2. The first kappa shape index (κ1) is 19.3. The van der Waals surface area contributed by atoms with E-state index < -0.39 is 6.04 Å². The van der Waals surface area contributed by atoms with Gasteiger partial charge < -0.3 is 5.32 Å². The molecule has 8 nitrogen and oxygen atoms in total. The Morgan fingerprint density at radius 3 is 2.71 bits per heavy atom. The minimum Gasteiger partial charge on any atom is -0.308 e.